The van der Waals surface area contributed by atoms with Crippen molar-refractivity contribution < 1.29 is 44.2 Å². The molecule has 0 aromatic heterocycles. The minimum Gasteiger partial charge on any atom is -0.490 e. The van der Waals surface area contributed by atoms with Gasteiger partial charge in [0, 0.05) is 0 Å². The van der Waals surface area contributed by atoms with Crippen LogP contribution in [-0.2, 0) is 0 Å². The molecule has 0 aliphatic carbocycles. The molecular weight excluding hydrogens is 482 g/mol. The second-order valence-corrected chi connectivity index (χ2v) is 7.43. The molecule has 4 nitrogen and oxygen atoms in total. The van der Waals surface area contributed by atoms with Crippen LogP contribution < -0.4 is 17.8 Å². The van der Waals surface area contributed by atoms with Crippen molar-refractivity contribution in [1.82, 2.24) is 0 Å². The Kier molecular flexibility index (Phi) is 9.32. The van der Waals surface area contributed by atoms with Gasteiger partial charge in [0.1, 0.15) is 0 Å². The molecule has 0 saturated carbocycles. The highest BCUT2D eigenvalue weighted by atomic mass is 32.2. The number of hydrogen-bond acceptors (Lipinski definition) is 6. The van der Waals surface area contributed by atoms with E-state index in [1.807, 2.05) is 0 Å². The summed E-state index contributed by atoms with van der Waals surface area (Å²) in [6.45, 7) is 3.79. The van der Waals surface area contributed by atoms with E-state index in [1.165, 1.54) is 36.4 Å². The van der Waals surface area contributed by atoms with Gasteiger partial charge in [0.05, 0.1) is 13.2 Å². The number of benzene rings is 2. The summed E-state index contributed by atoms with van der Waals surface area (Å²) in [4.78, 5) is 0. The van der Waals surface area contributed by atoms with Crippen LogP contribution in [-0.4, -0.2) is 24.2 Å². The highest BCUT2D eigenvalue weighted by molar-refractivity contribution is 7.96. The van der Waals surface area contributed by atoms with Crippen molar-refractivity contribution in [2.45, 2.75) is 24.9 Å². The molecule has 2 aromatic carbocycles. The van der Waals surface area contributed by atoms with E-state index in [1.54, 1.807) is 26.0 Å². The van der Waals surface area contributed by atoms with Gasteiger partial charge in [-0.15, -0.1) is 0 Å². The Labute approximate surface area is 189 Å². The van der Waals surface area contributed by atoms with E-state index in [0.717, 1.165) is 0 Å². The summed E-state index contributed by atoms with van der Waals surface area (Å²) in [5, 5.41) is 0. The summed E-state index contributed by atoms with van der Waals surface area (Å²) in [7, 11) is 0. The van der Waals surface area contributed by atoms with Gasteiger partial charge in [0.15, 0.2) is 47.1 Å². The van der Waals surface area contributed by atoms with Crippen molar-refractivity contribution in [3.63, 3.8) is 0 Å². The van der Waals surface area contributed by atoms with Crippen LogP contribution in [0.25, 0.3) is 12.2 Å². The Morgan fingerprint density at radius 1 is 0.656 bits per heavy atom. The van der Waals surface area contributed by atoms with Crippen LogP contribution in [0.2, 0.25) is 0 Å². The monoisotopic (exact) mass is 500 g/mol. The number of rotatable bonds is 10. The maximum Gasteiger partial charge on any atom is 0.479 e. The fraction of sp³-hybridized carbons (Fsp3) is 0.300. The van der Waals surface area contributed by atoms with E-state index in [2.05, 4.69) is 0 Å². The van der Waals surface area contributed by atoms with Gasteiger partial charge in [-0.1, -0.05) is 24.3 Å². The third kappa shape index (κ3) is 9.03. The Hall–Kier alpha value is -2.34. The fourth-order valence-electron chi connectivity index (χ4n) is 2.31. The van der Waals surface area contributed by atoms with Gasteiger partial charge < -0.3 is 17.8 Å². The Morgan fingerprint density at radius 2 is 1.03 bits per heavy atom. The van der Waals surface area contributed by atoms with Gasteiger partial charge in [-0.25, -0.2) is 0 Å². The first-order valence-electron chi connectivity index (χ1n) is 9.07. The molecule has 0 atom stereocenters. The molecular formula is C20H18F6O4S2. The van der Waals surface area contributed by atoms with E-state index < -0.39 is 35.1 Å². The summed E-state index contributed by atoms with van der Waals surface area (Å²) >= 11 is -1.28. The minimum atomic E-state index is -4.56. The smallest absolute Gasteiger partial charge is 0.479 e. The largest absolute Gasteiger partial charge is 0.490 e. The molecule has 176 valence electrons. The fourth-order valence-corrected chi connectivity index (χ4v) is 2.95. The number of hydrogen-bond donors (Lipinski definition) is 0. The predicted molar refractivity (Wildman–Crippen MR) is 113 cm³/mol. The van der Waals surface area contributed by atoms with Crippen molar-refractivity contribution in [3.05, 3.63) is 47.5 Å². The van der Waals surface area contributed by atoms with Gasteiger partial charge in [0.2, 0.25) is 0 Å². The lowest BCUT2D eigenvalue weighted by Gasteiger charge is -2.12. The average Bonchev–Trinajstić information content (AvgIpc) is 2.70. The number of ether oxygens (including phenoxy) is 2. The summed E-state index contributed by atoms with van der Waals surface area (Å²) < 4.78 is 94.4. The van der Waals surface area contributed by atoms with E-state index in [-0.39, 0.29) is 36.2 Å². The van der Waals surface area contributed by atoms with Gasteiger partial charge in [-0.3, -0.25) is 0 Å². The molecule has 0 unspecified atom stereocenters. The molecule has 0 N–H and O–H groups in total. The third-order valence-corrected chi connectivity index (χ3v) is 4.36. The van der Waals surface area contributed by atoms with Crippen LogP contribution in [0.4, 0.5) is 26.3 Å². The van der Waals surface area contributed by atoms with Crippen LogP contribution in [0.15, 0.2) is 36.4 Å². The Bertz CT molecular complexity index is 842. The SMILES string of the molecule is CCOc1cc(C=Cc2ccc(OSC(F)(F)F)c(OCC)c2)ccc1OSC(F)(F)F. The van der Waals surface area contributed by atoms with E-state index in [4.69, 9.17) is 17.8 Å². The highest BCUT2D eigenvalue weighted by Crippen LogP contribution is 2.39. The first-order chi connectivity index (χ1) is 15.0. The predicted octanol–water partition coefficient (Wildman–Crippen LogP) is 7.75. The lowest BCUT2D eigenvalue weighted by molar-refractivity contribution is -0.0378. The summed E-state index contributed by atoms with van der Waals surface area (Å²) in [6.07, 6.45) is 3.30. The zero-order valence-electron chi connectivity index (χ0n) is 16.8. The molecule has 0 amide bonds. The maximum absolute atomic E-state index is 12.4. The molecule has 2 rings (SSSR count). The van der Waals surface area contributed by atoms with E-state index in [9.17, 15) is 26.3 Å². The first-order valence-corrected chi connectivity index (χ1v) is 10.6. The molecule has 12 heteroatoms. The third-order valence-electron chi connectivity index (χ3n) is 3.46. The Morgan fingerprint density at radius 3 is 1.34 bits per heavy atom. The van der Waals surface area contributed by atoms with Crippen molar-refractivity contribution in [2.75, 3.05) is 13.2 Å². The minimum absolute atomic E-state index is 0.0753. The van der Waals surface area contributed by atoms with Crippen LogP contribution >= 0.6 is 24.1 Å². The van der Waals surface area contributed by atoms with Crippen LogP contribution in [0.1, 0.15) is 25.0 Å². The molecule has 0 saturated heterocycles. The highest BCUT2D eigenvalue weighted by Gasteiger charge is 2.32. The lowest BCUT2D eigenvalue weighted by atomic mass is 10.1. The van der Waals surface area contributed by atoms with E-state index >= 15 is 0 Å². The first kappa shape index (κ1) is 25.9. The van der Waals surface area contributed by atoms with Crippen molar-refractivity contribution in [3.8, 4) is 23.0 Å². The second kappa shape index (κ2) is 11.5. The zero-order chi connectivity index (χ0) is 23.8. The molecule has 0 spiro atoms. The number of halogens is 6. The Balaban J connectivity index is 2.20. The normalized spacial score (nSPS) is 12.1. The van der Waals surface area contributed by atoms with Gasteiger partial charge in [0.25, 0.3) is 0 Å². The van der Waals surface area contributed by atoms with E-state index in [0.29, 0.717) is 11.1 Å². The molecule has 2 aromatic rings. The van der Waals surface area contributed by atoms with Gasteiger partial charge >= 0.3 is 11.0 Å². The topological polar surface area (TPSA) is 36.9 Å². The lowest BCUT2D eigenvalue weighted by Crippen LogP contribution is -2.04. The average molecular weight is 500 g/mol. The second-order valence-electron chi connectivity index (χ2n) is 5.84. The van der Waals surface area contributed by atoms with Gasteiger partial charge in [-0.05, 0) is 49.2 Å². The van der Waals surface area contributed by atoms with Crippen molar-refractivity contribution in [2.24, 2.45) is 0 Å². The molecule has 0 heterocycles. The van der Waals surface area contributed by atoms with Crippen LogP contribution in [0.5, 0.6) is 23.0 Å². The van der Waals surface area contributed by atoms with Crippen molar-refractivity contribution >= 4 is 36.2 Å². The molecule has 0 radical (unpaired) electrons. The van der Waals surface area contributed by atoms with Crippen LogP contribution in [0, 0.1) is 0 Å². The molecule has 0 bridgehead atoms. The standard InChI is InChI=1S/C20H18F6O4S2/c1-3-27-17-11-13(7-9-15(17)29-31-19(21,22)23)5-6-14-8-10-16(18(12-14)28-4-2)30-32-20(24,25)26/h5-12H,3-4H2,1-2H3. The molecule has 0 aliphatic heterocycles. The molecule has 0 fully saturated rings. The van der Waals surface area contributed by atoms with Gasteiger partial charge in [-0.2, -0.15) is 26.3 Å². The maximum atomic E-state index is 12.4. The summed E-state index contributed by atoms with van der Waals surface area (Å²) in [5.74, 6) is 0.117. The van der Waals surface area contributed by atoms with Crippen LogP contribution in [0.3, 0.4) is 0 Å². The molecule has 32 heavy (non-hydrogen) atoms. The zero-order valence-corrected chi connectivity index (χ0v) is 18.4. The summed E-state index contributed by atoms with van der Waals surface area (Å²) in [6, 6.07) is 8.78. The molecule has 0 aliphatic rings. The number of alkyl halides is 6. The quantitative estimate of drug-likeness (QED) is 0.189. The summed E-state index contributed by atoms with van der Waals surface area (Å²) in [5.41, 5.74) is -7.92. The van der Waals surface area contributed by atoms with Crippen molar-refractivity contribution in [1.29, 1.82) is 0 Å².